The maximum atomic E-state index is 11.0. The Morgan fingerprint density at radius 2 is 1.81 bits per heavy atom. The Labute approximate surface area is 96.7 Å². The van der Waals surface area contributed by atoms with Crippen LogP contribution in [0.3, 0.4) is 0 Å². The van der Waals surface area contributed by atoms with Crippen LogP contribution in [0.5, 0.6) is 0 Å². The summed E-state index contributed by atoms with van der Waals surface area (Å²) in [5.74, 6) is 0.689. The molecule has 0 saturated heterocycles. The summed E-state index contributed by atoms with van der Waals surface area (Å²) in [6, 6.07) is 0. The molecule has 1 aromatic rings. The van der Waals surface area contributed by atoms with Crippen LogP contribution in [-0.2, 0) is 10.2 Å². The molecule has 0 spiro atoms. The minimum atomic E-state index is 0.0533. The zero-order chi connectivity index (χ0) is 12.3. The average molecular weight is 221 g/mol. The number of rotatable bonds is 3. The van der Waals surface area contributed by atoms with Crippen LogP contribution in [0.2, 0.25) is 0 Å². The van der Waals surface area contributed by atoms with Gasteiger partial charge in [-0.15, -0.1) is 0 Å². The van der Waals surface area contributed by atoms with Crippen molar-refractivity contribution in [1.29, 1.82) is 0 Å². The van der Waals surface area contributed by atoms with Gasteiger partial charge in [0.15, 0.2) is 0 Å². The van der Waals surface area contributed by atoms with Crippen molar-refractivity contribution in [1.82, 2.24) is 9.97 Å². The van der Waals surface area contributed by atoms with Gasteiger partial charge in [-0.2, -0.15) is 0 Å². The molecule has 1 aromatic heterocycles. The van der Waals surface area contributed by atoms with E-state index in [1.54, 1.807) is 11.8 Å². The molecule has 4 nitrogen and oxygen atoms in total. The smallest absolute Gasteiger partial charge is 0.225 e. The fourth-order valence-corrected chi connectivity index (χ4v) is 1.31. The number of hydrogen-bond acceptors (Lipinski definition) is 4. The number of carbonyl (C=O) groups is 1. The molecule has 88 valence electrons. The quantitative estimate of drug-likeness (QED) is 0.780. The first kappa shape index (κ1) is 12.6. The fraction of sp³-hybridized carbons (Fsp3) is 0.583. The molecule has 0 N–H and O–H groups in total. The number of hydrogen-bond donors (Lipinski definition) is 0. The first-order valence-electron chi connectivity index (χ1n) is 5.34. The number of Topliss-reactive ketones (excluding diaryl/α,β-unsaturated/α-hetero) is 1. The summed E-state index contributed by atoms with van der Waals surface area (Å²) in [5, 5.41) is 0. The van der Waals surface area contributed by atoms with Crippen LogP contribution < -0.4 is 4.90 Å². The van der Waals surface area contributed by atoms with Gasteiger partial charge in [-0.25, -0.2) is 9.97 Å². The Kier molecular flexibility index (Phi) is 3.62. The van der Waals surface area contributed by atoms with Crippen LogP contribution in [0.15, 0.2) is 12.4 Å². The second-order valence-electron chi connectivity index (χ2n) is 5.08. The van der Waals surface area contributed by atoms with Crippen LogP contribution in [0, 0.1) is 0 Å². The van der Waals surface area contributed by atoms with Gasteiger partial charge in [-0.1, -0.05) is 20.8 Å². The van der Waals surface area contributed by atoms with Crippen LogP contribution in [0.1, 0.15) is 33.3 Å². The number of ketones is 1. The summed E-state index contributed by atoms with van der Waals surface area (Å²) in [4.78, 5) is 21.2. The van der Waals surface area contributed by atoms with Crippen molar-refractivity contribution in [2.45, 2.75) is 33.1 Å². The molecule has 1 heterocycles. The summed E-state index contributed by atoms with van der Waals surface area (Å²) in [6.45, 7) is 8.24. The second-order valence-corrected chi connectivity index (χ2v) is 5.08. The number of aromatic nitrogens is 2. The van der Waals surface area contributed by atoms with Crippen LogP contribution in [-0.4, -0.2) is 29.3 Å². The fourth-order valence-electron chi connectivity index (χ4n) is 1.31. The van der Waals surface area contributed by atoms with Gasteiger partial charge in [0, 0.05) is 19.4 Å². The molecule has 0 amide bonds. The summed E-state index contributed by atoms with van der Waals surface area (Å²) in [5.41, 5.74) is 1.14. The van der Waals surface area contributed by atoms with Crippen LogP contribution >= 0.6 is 0 Å². The first-order chi connectivity index (χ1) is 7.30. The molecule has 0 aromatic carbocycles. The molecular formula is C12H19N3O. The Hall–Kier alpha value is -1.45. The summed E-state index contributed by atoms with van der Waals surface area (Å²) in [6.07, 6.45) is 3.64. The predicted octanol–water partition coefficient (Wildman–Crippen LogP) is 1.80. The van der Waals surface area contributed by atoms with Gasteiger partial charge in [-0.3, -0.25) is 4.79 Å². The van der Waals surface area contributed by atoms with Gasteiger partial charge in [0.25, 0.3) is 0 Å². The van der Waals surface area contributed by atoms with Crippen molar-refractivity contribution in [3.8, 4) is 0 Å². The average Bonchev–Trinajstić information content (AvgIpc) is 2.15. The topological polar surface area (TPSA) is 46.1 Å². The maximum Gasteiger partial charge on any atom is 0.225 e. The number of carbonyl (C=O) groups excluding carboxylic acids is 1. The van der Waals surface area contributed by atoms with Crippen molar-refractivity contribution in [3.05, 3.63) is 18.0 Å². The third-order valence-electron chi connectivity index (χ3n) is 2.31. The highest BCUT2D eigenvalue weighted by molar-refractivity contribution is 5.80. The molecule has 0 fully saturated rings. The van der Waals surface area contributed by atoms with Gasteiger partial charge in [-0.05, 0) is 17.9 Å². The molecule has 0 saturated carbocycles. The SMILES string of the molecule is CC(=O)CN(C)c1ncc(C(C)(C)C)cn1. The molecule has 0 aliphatic heterocycles. The van der Waals surface area contributed by atoms with Crippen LogP contribution in [0.25, 0.3) is 0 Å². The Bertz CT molecular complexity index is 365. The maximum absolute atomic E-state index is 11.0. The molecule has 0 unspecified atom stereocenters. The Morgan fingerprint density at radius 1 is 1.31 bits per heavy atom. The molecule has 0 aliphatic carbocycles. The lowest BCUT2D eigenvalue weighted by Gasteiger charge is -2.20. The molecule has 1 rings (SSSR count). The molecular weight excluding hydrogens is 202 g/mol. The summed E-state index contributed by atoms with van der Waals surface area (Å²) in [7, 11) is 1.81. The van der Waals surface area contributed by atoms with E-state index in [4.69, 9.17) is 0 Å². The molecule has 16 heavy (non-hydrogen) atoms. The van der Waals surface area contributed by atoms with E-state index in [9.17, 15) is 4.79 Å². The van der Waals surface area contributed by atoms with E-state index in [0.29, 0.717) is 12.5 Å². The second kappa shape index (κ2) is 4.60. The molecule has 4 heteroatoms. The standard InChI is InChI=1S/C12H19N3O/c1-9(16)8-15(5)11-13-6-10(7-14-11)12(2,3)4/h6-7H,8H2,1-5H3. The van der Waals surface area contributed by atoms with Crippen molar-refractivity contribution in [3.63, 3.8) is 0 Å². The van der Waals surface area contributed by atoms with E-state index >= 15 is 0 Å². The lowest BCUT2D eigenvalue weighted by Crippen LogP contribution is -2.26. The van der Waals surface area contributed by atoms with E-state index in [1.807, 2.05) is 19.4 Å². The van der Waals surface area contributed by atoms with Crippen molar-refractivity contribution < 1.29 is 4.79 Å². The monoisotopic (exact) mass is 221 g/mol. The Morgan fingerprint density at radius 3 is 2.19 bits per heavy atom. The van der Waals surface area contributed by atoms with Gasteiger partial charge >= 0.3 is 0 Å². The predicted molar refractivity (Wildman–Crippen MR) is 64.7 cm³/mol. The zero-order valence-corrected chi connectivity index (χ0v) is 10.6. The highest BCUT2D eigenvalue weighted by Crippen LogP contribution is 2.20. The molecule has 0 radical (unpaired) electrons. The van der Waals surface area contributed by atoms with E-state index in [2.05, 4.69) is 30.7 Å². The van der Waals surface area contributed by atoms with Gasteiger partial charge in [0.05, 0.1) is 6.54 Å². The number of anilines is 1. The molecule has 0 atom stereocenters. The molecule has 0 bridgehead atoms. The lowest BCUT2D eigenvalue weighted by molar-refractivity contribution is -0.115. The van der Waals surface area contributed by atoms with E-state index in [-0.39, 0.29) is 11.2 Å². The van der Waals surface area contributed by atoms with Crippen molar-refractivity contribution in [2.24, 2.45) is 0 Å². The minimum absolute atomic E-state index is 0.0533. The van der Waals surface area contributed by atoms with Gasteiger partial charge < -0.3 is 4.90 Å². The van der Waals surface area contributed by atoms with Crippen LogP contribution in [0.4, 0.5) is 5.95 Å². The van der Waals surface area contributed by atoms with E-state index in [1.165, 1.54) is 0 Å². The largest absolute Gasteiger partial charge is 0.337 e. The van der Waals surface area contributed by atoms with Gasteiger partial charge in [0.1, 0.15) is 5.78 Å². The normalized spacial score (nSPS) is 11.3. The minimum Gasteiger partial charge on any atom is -0.337 e. The van der Waals surface area contributed by atoms with Crippen molar-refractivity contribution >= 4 is 11.7 Å². The van der Waals surface area contributed by atoms with Crippen molar-refractivity contribution in [2.75, 3.05) is 18.5 Å². The van der Waals surface area contributed by atoms with E-state index in [0.717, 1.165) is 5.56 Å². The zero-order valence-electron chi connectivity index (χ0n) is 10.6. The highest BCUT2D eigenvalue weighted by atomic mass is 16.1. The highest BCUT2D eigenvalue weighted by Gasteiger charge is 2.15. The Balaban J connectivity index is 2.83. The lowest BCUT2D eigenvalue weighted by atomic mass is 9.89. The number of nitrogens with zero attached hydrogens (tertiary/aromatic N) is 3. The van der Waals surface area contributed by atoms with Gasteiger partial charge in [0.2, 0.25) is 5.95 Å². The summed E-state index contributed by atoms with van der Waals surface area (Å²) >= 11 is 0. The summed E-state index contributed by atoms with van der Waals surface area (Å²) < 4.78 is 0. The third-order valence-corrected chi connectivity index (χ3v) is 2.31. The third kappa shape index (κ3) is 3.29. The number of likely N-dealkylation sites (N-methyl/N-ethyl adjacent to an activating group) is 1. The first-order valence-corrected chi connectivity index (χ1v) is 5.34. The molecule has 0 aliphatic rings. The van der Waals surface area contributed by atoms with E-state index < -0.39 is 0 Å².